The Labute approximate surface area is 212 Å². The van der Waals surface area contributed by atoms with Crippen LogP contribution < -0.4 is 14.8 Å². The molecule has 2 aromatic heterocycles. The number of aromatic nitrogens is 2. The number of imidazole rings is 1. The van der Waals surface area contributed by atoms with E-state index in [0.29, 0.717) is 20.8 Å². The van der Waals surface area contributed by atoms with Crippen LogP contribution in [-0.2, 0) is 6.61 Å². The van der Waals surface area contributed by atoms with Crippen molar-refractivity contribution in [3.63, 3.8) is 0 Å². The fourth-order valence-electron chi connectivity index (χ4n) is 3.48. The summed E-state index contributed by atoms with van der Waals surface area (Å²) < 4.78 is 9.74. The topological polar surface area (TPSA) is 86.7 Å². The zero-order valence-electron chi connectivity index (χ0n) is 16.7. The third-order valence-electron chi connectivity index (χ3n) is 4.97. The van der Waals surface area contributed by atoms with Gasteiger partial charge in [-0.1, -0.05) is 35.6 Å². The van der Waals surface area contributed by atoms with Gasteiger partial charge in [-0.25, -0.2) is 9.38 Å². The van der Waals surface area contributed by atoms with Crippen molar-refractivity contribution < 1.29 is 9.66 Å². The molecule has 3 aromatic carbocycles. The molecule has 0 saturated carbocycles. The van der Waals surface area contributed by atoms with Crippen LogP contribution in [0.3, 0.4) is 0 Å². The number of hydrogen-bond donors (Lipinski definition) is 0. The molecule has 0 unspecified atom stereocenters. The predicted octanol–water partition coefficient (Wildman–Crippen LogP) is 5.31. The minimum atomic E-state index is -0.428. The Morgan fingerprint density at radius 3 is 2.79 bits per heavy atom. The molecule has 0 bridgehead atoms. The minimum Gasteiger partial charge on any atom is -0.487 e. The second-order valence-electron chi connectivity index (χ2n) is 7.16. The Morgan fingerprint density at radius 2 is 2.00 bits per heavy atom. The molecule has 0 atom stereocenters. The third kappa shape index (κ3) is 4.25. The van der Waals surface area contributed by atoms with Gasteiger partial charge in [0.05, 0.1) is 28.5 Å². The van der Waals surface area contributed by atoms with Crippen molar-refractivity contribution in [2.45, 2.75) is 6.61 Å². The Balaban J connectivity index is 1.46. The highest BCUT2D eigenvalue weighted by Crippen LogP contribution is 2.33. The highest BCUT2D eigenvalue weighted by Gasteiger charge is 2.13. The highest BCUT2D eigenvalue weighted by atomic mass is 127. The molecule has 0 N–H and O–H groups in total. The fraction of sp³-hybridized carbons (Fsp3) is 0.0435. The van der Waals surface area contributed by atoms with Gasteiger partial charge in [-0.2, -0.15) is 0 Å². The van der Waals surface area contributed by atoms with Crippen molar-refractivity contribution in [3.8, 4) is 5.75 Å². The number of nitro benzene ring substituents is 1. The molecule has 0 fully saturated rings. The molecule has 7 nitrogen and oxygen atoms in total. The van der Waals surface area contributed by atoms with Gasteiger partial charge in [0.15, 0.2) is 4.96 Å². The lowest BCUT2D eigenvalue weighted by molar-refractivity contribution is -0.384. The van der Waals surface area contributed by atoms with Crippen LogP contribution in [0.1, 0.15) is 11.1 Å². The molecule has 0 amide bonds. The van der Waals surface area contributed by atoms with Crippen LogP contribution in [0.25, 0.3) is 22.1 Å². The molecule has 10 heteroatoms. The molecule has 0 aliphatic carbocycles. The lowest BCUT2D eigenvalue weighted by atomic mass is 10.2. The van der Waals surface area contributed by atoms with Gasteiger partial charge >= 0.3 is 0 Å². The van der Waals surface area contributed by atoms with Crippen LogP contribution in [0.2, 0.25) is 0 Å². The second kappa shape index (κ2) is 8.84. The van der Waals surface area contributed by atoms with E-state index in [0.717, 1.165) is 24.6 Å². The summed E-state index contributed by atoms with van der Waals surface area (Å²) in [6.45, 7) is 0.194. The summed E-state index contributed by atoms with van der Waals surface area (Å²) >= 11 is 7.07. The summed E-state index contributed by atoms with van der Waals surface area (Å²) in [5.41, 5.74) is 3.08. The molecule has 2 heterocycles. The number of thiazole rings is 1. The number of hydrogen-bond acceptors (Lipinski definition) is 6. The van der Waals surface area contributed by atoms with E-state index in [2.05, 4.69) is 43.5 Å². The molecule has 0 aliphatic rings. The number of para-hydroxylation sites is 2. The van der Waals surface area contributed by atoms with Crippen LogP contribution >= 0.6 is 49.9 Å². The molecular formula is C23H13BrIN3O4S. The van der Waals surface area contributed by atoms with Crippen molar-refractivity contribution in [2.75, 3.05) is 0 Å². The molecule has 5 aromatic rings. The van der Waals surface area contributed by atoms with Crippen LogP contribution in [0.4, 0.5) is 5.69 Å². The van der Waals surface area contributed by atoms with Gasteiger partial charge in [0.2, 0.25) is 0 Å². The number of nitro groups is 1. The van der Waals surface area contributed by atoms with E-state index in [4.69, 9.17) is 4.74 Å². The summed E-state index contributed by atoms with van der Waals surface area (Å²) in [6.07, 6.45) is 1.84. The Bertz CT molecular complexity index is 1640. The number of rotatable bonds is 5. The largest absolute Gasteiger partial charge is 0.487 e. The van der Waals surface area contributed by atoms with Crippen molar-refractivity contribution in [1.82, 2.24) is 9.38 Å². The third-order valence-corrected chi connectivity index (χ3v) is 7.33. The average molecular weight is 634 g/mol. The monoisotopic (exact) mass is 633 g/mol. The zero-order valence-corrected chi connectivity index (χ0v) is 21.3. The van der Waals surface area contributed by atoms with E-state index < -0.39 is 4.92 Å². The van der Waals surface area contributed by atoms with E-state index in [9.17, 15) is 14.9 Å². The van der Waals surface area contributed by atoms with Crippen molar-refractivity contribution in [2.24, 2.45) is 0 Å². The van der Waals surface area contributed by atoms with Crippen LogP contribution in [0, 0.1) is 13.7 Å². The SMILES string of the molecule is O=c1/c(=C/c2cc(Br)c(OCc3cccc([N+](=O)[O-])c3)c(I)c2)sc2nc3ccccc3n12. The summed E-state index contributed by atoms with van der Waals surface area (Å²) in [5.74, 6) is 0.633. The minimum absolute atomic E-state index is 0.0262. The molecule has 0 radical (unpaired) electrons. The second-order valence-corrected chi connectivity index (χ2v) is 10.2. The summed E-state index contributed by atoms with van der Waals surface area (Å²) in [5, 5.41) is 11.0. The zero-order chi connectivity index (χ0) is 23.1. The standard InChI is InChI=1S/C23H13BrIN3O4S/c24-16-9-14(10-17(25)21(16)32-12-13-4-3-5-15(8-13)28(30)31)11-20-22(29)27-19-7-2-1-6-18(19)26-23(27)33-20/h1-11H,12H2/b20-11-. The van der Waals surface area contributed by atoms with Crippen molar-refractivity contribution >= 4 is 77.6 Å². The first kappa shape index (κ1) is 22.0. The maximum Gasteiger partial charge on any atom is 0.274 e. The Hall–Kier alpha value is -2.83. The van der Waals surface area contributed by atoms with Gasteiger partial charge < -0.3 is 4.74 Å². The smallest absolute Gasteiger partial charge is 0.274 e. The first-order chi connectivity index (χ1) is 15.9. The number of benzene rings is 3. The van der Waals surface area contributed by atoms with Gasteiger partial charge in [0.25, 0.3) is 11.2 Å². The van der Waals surface area contributed by atoms with Gasteiger partial charge in [-0.3, -0.25) is 14.9 Å². The Morgan fingerprint density at radius 1 is 1.18 bits per heavy atom. The number of nitrogens with zero attached hydrogens (tertiary/aromatic N) is 3. The van der Waals surface area contributed by atoms with Gasteiger partial charge in [0.1, 0.15) is 12.4 Å². The summed E-state index contributed by atoms with van der Waals surface area (Å²) in [6, 6.07) is 17.7. The van der Waals surface area contributed by atoms with Gasteiger partial charge in [-0.15, -0.1) is 0 Å². The average Bonchev–Trinajstić information content (AvgIpc) is 3.29. The number of non-ortho nitro benzene ring substituents is 1. The molecule has 0 aliphatic heterocycles. The van der Waals surface area contributed by atoms with Crippen LogP contribution in [0.5, 0.6) is 5.75 Å². The molecule has 0 saturated heterocycles. The van der Waals surface area contributed by atoms with Gasteiger partial charge in [0, 0.05) is 12.1 Å². The maximum absolute atomic E-state index is 13.0. The Kier molecular flexibility index (Phi) is 5.89. The molecule has 0 spiro atoms. The quantitative estimate of drug-likeness (QED) is 0.149. The first-order valence-electron chi connectivity index (χ1n) is 9.67. The van der Waals surface area contributed by atoms with E-state index in [-0.39, 0.29) is 17.9 Å². The van der Waals surface area contributed by atoms with Crippen molar-refractivity contribution in [1.29, 1.82) is 0 Å². The highest BCUT2D eigenvalue weighted by molar-refractivity contribution is 14.1. The first-order valence-corrected chi connectivity index (χ1v) is 12.4. The summed E-state index contributed by atoms with van der Waals surface area (Å²) in [4.78, 5) is 28.8. The maximum atomic E-state index is 13.0. The lowest BCUT2D eigenvalue weighted by Crippen LogP contribution is -2.22. The van der Waals surface area contributed by atoms with Gasteiger partial charge in [-0.05, 0) is 80.0 Å². The number of fused-ring (bicyclic) bond motifs is 3. The molecule has 5 rings (SSSR count). The summed E-state index contributed by atoms with van der Waals surface area (Å²) in [7, 11) is 0. The number of ether oxygens (including phenoxy) is 1. The predicted molar refractivity (Wildman–Crippen MR) is 140 cm³/mol. The lowest BCUT2D eigenvalue weighted by Gasteiger charge is -2.11. The van der Waals surface area contributed by atoms with E-state index in [1.807, 2.05) is 42.5 Å². The van der Waals surface area contributed by atoms with Crippen molar-refractivity contribution in [3.05, 3.63) is 105 Å². The normalized spacial score (nSPS) is 12.0. The molecular weight excluding hydrogens is 621 g/mol. The van der Waals surface area contributed by atoms with E-state index in [1.54, 1.807) is 16.5 Å². The van der Waals surface area contributed by atoms with E-state index in [1.165, 1.54) is 23.5 Å². The fourth-order valence-corrected chi connectivity index (χ4v) is 6.24. The molecule has 164 valence electrons. The van der Waals surface area contributed by atoms with Crippen LogP contribution in [0.15, 0.2) is 69.9 Å². The van der Waals surface area contributed by atoms with E-state index >= 15 is 0 Å². The molecule has 33 heavy (non-hydrogen) atoms. The number of halogens is 2. The van der Waals surface area contributed by atoms with Crippen LogP contribution in [-0.4, -0.2) is 14.3 Å².